The summed E-state index contributed by atoms with van der Waals surface area (Å²) < 4.78 is 27.5. The summed E-state index contributed by atoms with van der Waals surface area (Å²) in [5.74, 6) is -1.76. The minimum absolute atomic E-state index is 0.0168. The lowest BCUT2D eigenvalue weighted by Crippen LogP contribution is -2.50. The van der Waals surface area contributed by atoms with Crippen LogP contribution in [0.3, 0.4) is 0 Å². The molecule has 10 heteroatoms. The molecular weight excluding hydrogens is 456 g/mol. The molecule has 4 rings (SSSR count). The maximum absolute atomic E-state index is 13.1. The molecule has 0 saturated heterocycles. The molecule has 0 saturated carbocycles. The van der Waals surface area contributed by atoms with E-state index < -0.39 is 33.8 Å². The first-order valence-corrected chi connectivity index (χ1v) is 12.0. The lowest BCUT2D eigenvalue weighted by molar-refractivity contribution is -0.121. The van der Waals surface area contributed by atoms with Crippen molar-refractivity contribution in [2.45, 2.75) is 24.8 Å². The Labute approximate surface area is 196 Å². The van der Waals surface area contributed by atoms with Crippen molar-refractivity contribution in [1.82, 2.24) is 9.88 Å². The first-order chi connectivity index (χ1) is 16.2. The summed E-state index contributed by atoms with van der Waals surface area (Å²) in [5.41, 5.74) is 0.853. The predicted molar refractivity (Wildman–Crippen MR) is 126 cm³/mol. The van der Waals surface area contributed by atoms with Crippen LogP contribution in [0.4, 0.5) is 11.5 Å². The number of nitrogens with zero attached hydrogens (tertiary/aromatic N) is 2. The minimum atomic E-state index is -3.87. The summed E-state index contributed by atoms with van der Waals surface area (Å²) in [6.07, 6.45) is 1.47. The number of imide groups is 1. The number of hydrogen-bond donors (Lipinski definition) is 2. The zero-order valence-electron chi connectivity index (χ0n) is 18.4. The lowest BCUT2D eigenvalue weighted by atomic mass is 10.0. The van der Waals surface area contributed by atoms with Crippen LogP contribution in [0.2, 0.25) is 0 Å². The van der Waals surface area contributed by atoms with Gasteiger partial charge >= 0.3 is 0 Å². The fourth-order valence-electron chi connectivity index (χ4n) is 3.73. The fourth-order valence-corrected chi connectivity index (χ4v) is 4.74. The van der Waals surface area contributed by atoms with Gasteiger partial charge in [0.15, 0.2) is 0 Å². The van der Waals surface area contributed by atoms with Crippen LogP contribution in [0.15, 0.2) is 77.8 Å². The summed E-state index contributed by atoms with van der Waals surface area (Å²) in [5, 5.41) is 2.68. The number of fused-ring (bicyclic) bond motifs is 1. The number of amides is 3. The van der Waals surface area contributed by atoms with Crippen LogP contribution in [0.5, 0.6) is 0 Å². The first kappa shape index (κ1) is 23.1. The largest absolute Gasteiger partial charge is 0.324 e. The third-order valence-electron chi connectivity index (χ3n) is 5.34. The number of benzene rings is 2. The molecule has 2 aromatic carbocycles. The topological polar surface area (TPSA) is 126 Å². The molecule has 0 spiro atoms. The van der Waals surface area contributed by atoms with Gasteiger partial charge in [0.25, 0.3) is 21.8 Å². The number of anilines is 2. The molecule has 0 aliphatic carbocycles. The number of sulfonamides is 1. The highest BCUT2D eigenvalue weighted by Gasteiger charge is 2.43. The van der Waals surface area contributed by atoms with E-state index in [0.29, 0.717) is 5.69 Å². The van der Waals surface area contributed by atoms with Crippen molar-refractivity contribution in [3.63, 3.8) is 0 Å². The number of carbonyl (C=O) groups excluding carboxylic acids is 3. The third-order valence-corrected chi connectivity index (χ3v) is 6.71. The van der Waals surface area contributed by atoms with Gasteiger partial charge in [0.2, 0.25) is 5.91 Å². The van der Waals surface area contributed by atoms with E-state index >= 15 is 0 Å². The minimum Gasteiger partial charge on any atom is -0.324 e. The third kappa shape index (κ3) is 4.40. The van der Waals surface area contributed by atoms with Gasteiger partial charge in [-0.3, -0.25) is 24.0 Å². The zero-order chi connectivity index (χ0) is 24.5. The van der Waals surface area contributed by atoms with Gasteiger partial charge in [-0.1, -0.05) is 32.0 Å². The molecule has 3 aromatic rings. The van der Waals surface area contributed by atoms with Crippen molar-refractivity contribution in [2.24, 2.45) is 5.92 Å². The molecule has 1 aliphatic rings. The van der Waals surface area contributed by atoms with Gasteiger partial charge in [0.05, 0.1) is 16.0 Å². The van der Waals surface area contributed by atoms with Crippen LogP contribution in [0, 0.1) is 5.92 Å². The zero-order valence-corrected chi connectivity index (χ0v) is 19.2. The molecule has 1 aromatic heterocycles. The number of nitrogens with one attached hydrogen (secondary N) is 2. The maximum atomic E-state index is 13.1. The van der Waals surface area contributed by atoms with E-state index in [4.69, 9.17) is 0 Å². The second-order valence-electron chi connectivity index (χ2n) is 8.05. The molecule has 0 fully saturated rings. The second-order valence-corrected chi connectivity index (χ2v) is 9.73. The highest BCUT2D eigenvalue weighted by atomic mass is 32.2. The molecule has 1 aliphatic heterocycles. The van der Waals surface area contributed by atoms with Crippen LogP contribution in [0.1, 0.15) is 34.6 Å². The second kappa shape index (κ2) is 9.06. The Morgan fingerprint density at radius 3 is 2.00 bits per heavy atom. The average Bonchev–Trinajstić information content (AvgIpc) is 3.05. The van der Waals surface area contributed by atoms with Crippen molar-refractivity contribution < 1.29 is 22.8 Å². The van der Waals surface area contributed by atoms with Crippen LogP contribution >= 0.6 is 0 Å². The molecule has 0 bridgehead atoms. The highest BCUT2D eigenvalue weighted by Crippen LogP contribution is 2.28. The van der Waals surface area contributed by atoms with Crippen molar-refractivity contribution in [2.75, 3.05) is 10.0 Å². The standard InChI is InChI=1S/C24H22N4O5S/c1-15(2)21(28-23(30)18-7-3-4-8-19(18)24(28)31)22(29)26-16-10-12-17(13-11-16)34(32,33)27-20-9-5-6-14-25-20/h3-15,21H,1-2H3,(H,25,27)(H,26,29)/t21-/m0/s1. The molecular formula is C24H22N4O5S. The van der Waals surface area contributed by atoms with Crippen LogP contribution < -0.4 is 10.0 Å². The Hall–Kier alpha value is -4.05. The van der Waals surface area contributed by atoms with Gasteiger partial charge in [-0.2, -0.15) is 0 Å². The summed E-state index contributed by atoms with van der Waals surface area (Å²) in [6.45, 7) is 3.49. The van der Waals surface area contributed by atoms with E-state index in [9.17, 15) is 22.8 Å². The molecule has 3 amide bonds. The maximum Gasteiger partial charge on any atom is 0.263 e. The van der Waals surface area contributed by atoms with Crippen molar-refractivity contribution >= 4 is 39.3 Å². The lowest BCUT2D eigenvalue weighted by Gasteiger charge is -2.28. The molecule has 0 radical (unpaired) electrons. The quantitative estimate of drug-likeness (QED) is 0.503. The molecule has 174 valence electrons. The van der Waals surface area contributed by atoms with E-state index in [1.165, 1.54) is 36.5 Å². The van der Waals surface area contributed by atoms with E-state index in [1.807, 2.05) is 0 Å². The molecule has 2 heterocycles. The predicted octanol–water partition coefficient (Wildman–Crippen LogP) is 3.14. The number of hydrogen-bond acceptors (Lipinski definition) is 6. The summed E-state index contributed by atoms with van der Waals surface area (Å²) in [6, 6.07) is 15.8. The van der Waals surface area contributed by atoms with E-state index in [2.05, 4.69) is 15.0 Å². The monoisotopic (exact) mass is 478 g/mol. The van der Waals surface area contributed by atoms with Crippen LogP contribution in [-0.2, 0) is 14.8 Å². The van der Waals surface area contributed by atoms with Gasteiger partial charge in [-0.05, 0) is 54.4 Å². The van der Waals surface area contributed by atoms with E-state index in [0.717, 1.165) is 4.90 Å². The molecule has 0 unspecified atom stereocenters. The summed E-state index contributed by atoms with van der Waals surface area (Å²) >= 11 is 0. The van der Waals surface area contributed by atoms with Crippen LogP contribution in [0.25, 0.3) is 0 Å². The first-order valence-electron chi connectivity index (χ1n) is 10.5. The number of rotatable bonds is 7. The summed E-state index contributed by atoms with van der Waals surface area (Å²) in [4.78, 5) is 43.7. The Bertz CT molecular complexity index is 1320. The van der Waals surface area contributed by atoms with Gasteiger partial charge in [0, 0.05) is 11.9 Å². The van der Waals surface area contributed by atoms with Gasteiger partial charge < -0.3 is 5.32 Å². The van der Waals surface area contributed by atoms with E-state index in [-0.39, 0.29) is 27.8 Å². The number of pyridine rings is 1. The van der Waals surface area contributed by atoms with Crippen LogP contribution in [-0.4, -0.2) is 42.1 Å². The Morgan fingerprint density at radius 2 is 1.47 bits per heavy atom. The molecule has 1 atom stereocenters. The van der Waals surface area contributed by atoms with Crippen molar-refractivity contribution in [3.8, 4) is 0 Å². The molecule has 34 heavy (non-hydrogen) atoms. The Balaban J connectivity index is 1.51. The van der Waals surface area contributed by atoms with Crippen molar-refractivity contribution in [1.29, 1.82) is 0 Å². The Morgan fingerprint density at radius 1 is 0.882 bits per heavy atom. The highest BCUT2D eigenvalue weighted by molar-refractivity contribution is 7.92. The molecule has 9 nitrogen and oxygen atoms in total. The Kier molecular flexibility index (Phi) is 6.16. The van der Waals surface area contributed by atoms with Gasteiger partial charge in [0.1, 0.15) is 11.9 Å². The fraction of sp³-hybridized carbons (Fsp3) is 0.167. The molecule has 2 N–H and O–H groups in total. The summed E-state index contributed by atoms with van der Waals surface area (Å²) in [7, 11) is -3.87. The van der Waals surface area contributed by atoms with Gasteiger partial charge in [-0.25, -0.2) is 13.4 Å². The average molecular weight is 479 g/mol. The van der Waals surface area contributed by atoms with Crippen molar-refractivity contribution in [3.05, 3.63) is 84.1 Å². The normalized spacial score (nSPS) is 14.1. The smallest absolute Gasteiger partial charge is 0.263 e. The number of carbonyl (C=O) groups is 3. The van der Waals surface area contributed by atoms with Gasteiger partial charge in [-0.15, -0.1) is 0 Å². The van der Waals surface area contributed by atoms with E-state index in [1.54, 1.807) is 50.2 Å². The SMILES string of the molecule is CC(C)[C@@H](C(=O)Nc1ccc(S(=O)(=O)Nc2ccccn2)cc1)N1C(=O)c2ccccc2C1=O. The number of aromatic nitrogens is 1.